The first-order chi connectivity index (χ1) is 15.5. The van der Waals surface area contributed by atoms with Gasteiger partial charge in [-0.2, -0.15) is 0 Å². The highest BCUT2D eigenvalue weighted by atomic mass is 16.5. The maximum Gasteiger partial charge on any atom is 0.290 e. The van der Waals surface area contributed by atoms with Crippen LogP contribution in [0, 0.1) is 0 Å². The molecule has 2 aliphatic heterocycles. The summed E-state index contributed by atoms with van der Waals surface area (Å²) >= 11 is 0. The molecule has 3 aliphatic rings. The third-order valence-corrected chi connectivity index (χ3v) is 6.10. The highest BCUT2D eigenvalue weighted by Crippen LogP contribution is 2.42. The number of ketones is 1. The van der Waals surface area contributed by atoms with Crippen molar-refractivity contribution >= 4 is 11.7 Å². The summed E-state index contributed by atoms with van der Waals surface area (Å²) in [5.74, 6) is -0.290. The highest BCUT2D eigenvalue weighted by molar-refractivity contribution is 6.16. The highest BCUT2D eigenvalue weighted by Gasteiger charge is 2.44. The van der Waals surface area contributed by atoms with Crippen molar-refractivity contribution < 1.29 is 28.9 Å². The first-order valence-electron chi connectivity index (χ1n) is 10.7. The maximum absolute atomic E-state index is 13.3. The van der Waals surface area contributed by atoms with Crippen molar-refractivity contribution in [2.45, 2.75) is 12.5 Å². The van der Waals surface area contributed by atoms with Crippen LogP contribution in [-0.2, 0) is 14.3 Å². The van der Waals surface area contributed by atoms with E-state index >= 15 is 0 Å². The number of allylic oxidation sites excluding steroid dienone is 4. The zero-order chi connectivity index (χ0) is 22.7. The van der Waals surface area contributed by atoms with E-state index in [1.165, 1.54) is 7.11 Å². The van der Waals surface area contributed by atoms with Crippen molar-refractivity contribution in [3.05, 3.63) is 58.9 Å². The number of rotatable bonds is 8. The maximum atomic E-state index is 13.3. The van der Waals surface area contributed by atoms with Gasteiger partial charge in [0.25, 0.3) is 5.91 Å². The molecule has 8 heteroatoms. The molecule has 0 bridgehead atoms. The summed E-state index contributed by atoms with van der Waals surface area (Å²) < 4.78 is 16.2. The summed E-state index contributed by atoms with van der Waals surface area (Å²) in [6.07, 6.45) is 5.90. The molecule has 0 spiro atoms. The minimum atomic E-state index is -0.711. The van der Waals surface area contributed by atoms with E-state index < -0.39 is 17.7 Å². The number of aliphatic hydroxyl groups is 1. The van der Waals surface area contributed by atoms with Gasteiger partial charge in [-0.1, -0.05) is 24.3 Å². The third kappa shape index (κ3) is 4.16. The number of Topliss-reactive ketones (excluding diaryl/α,β-unsaturated/α-hetero) is 1. The van der Waals surface area contributed by atoms with Crippen LogP contribution in [0.25, 0.3) is 0 Å². The first-order valence-corrected chi connectivity index (χ1v) is 10.7. The monoisotopic (exact) mass is 440 g/mol. The predicted molar refractivity (Wildman–Crippen MR) is 118 cm³/mol. The second kappa shape index (κ2) is 9.58. The number of morpholine rings is 1. The fourth-order valence-corrected chi connectivity index (χ4v) is 4.35. The Bertz CT molecular complexity index is 990. The lowest BCUT2D eigenvalue weighted by atomic mass is 9.92. The number of amides is 1. The largest absolute Gasteiger partial charge is 0.503 e. The lowest BCUT2D eigenvalue weighted by Gasteiger charge is -2.32. The number of hydrogen-bond acceptors (Lipinski definition) is 7. The molecule has 1 fully saturated rings. The van der Waals surface area contributed by atoms with Crippen LogP contribution in [-0.4, -0.2) is 80.2 Å². The topological polar surface area (TPSA) is 88.5 Å². The third-order valence-electron chi connectivity index (χ3n) is 6.10. The van der Waals surface area contributed by atoms with Crippen LogP contribution in [0.5, 0.6) is 11.5 Å². The molecule has 0 radical (unpaired) electrons. The van der Waals surface area contributed by atoms with Crippen LogP contribution in [0.3, 0.4) is 0 Å². The molecule has 0 saturated carbocycles. The molecule has 2 heterocycles. The average molecular weight is 440 g/mol. The van der Waals surface area contributed by atoms with E-state index in [9.17, 15) is 14.7 Å². The predicted octanol–water partition coefficient (Wildman–Crippen LogP) is 2.19. The lowest BCUT2D eigenvalue weighted by Crippen LogP contribution is -2.43. The summed E-state index contributed by atoms with van der Waals surface area (Å²) in [6, 6.07) is 4.59. The summed E-state index contributed by atoms with van der Waals surface area (Å²) in [6.45, 7) is 3.87. The van der Waals surface area contributed by atoms with E-state index in [4.69, 9.17) is 14.2 Å². The number of hydrogen-bond donors (Lipinski definition) is 1. The average Bonchev–Trinajstić information content (AvgIpc) is 3.45. The number of carbonyl (C=O) groups is 2. The first kappa shape index (κ1) is 22.1. The standard InChI is InChI=1S/C24H28N2O6/c1-30-18-8-7-17(15-19(18)31-2)21-20(22(27)16-5-3-4-6-16)23(28)24(29)26(21)10-9-25-11-13-32-14-12-25/h3-5,7-8,15,21,28H,6,9-14H2,1-2H3. The van der Waals surface area contributed by atoms with Crippen LogP contribution in [0.2, 0.25) is 0 Å². The lowest BCUT2D eigenvalue weighted by molar-refractivity contribution is -0.129. The Labute approximate surface area is 187 Å². The molecule has 1 amide bonds. The van der Waals surface area contributed by atoms with Crippen molar-refractivity contribution in [1.29, 1.82) is 0 Å². The molecule has 1 atom stereocenters. The molecule has 4 rings (SSSR count). The Morgan fingerprint density at radius 2 is 1.91 bits per heavy atom. The van der Waals surface area contributed by atoms with Crippen molar-refractivity contribution in [1.82, 2.24) is 9.80 Å². The fraction of sp³-hybridized carbons (Fsp3) is 0.417. The number of benzene rings is 1. The SMILES string of the molecule is COc1ccc(C2C(C(=O)C3=CC=CC3)=C(O)C(=O)N2CCN2CCOCC2)cc1OC. The molecule has 1 aromatic carbocycles. The molecule has 1 unspecified atom stereocenters. The van der Waals surface area contributed by atoms with E-state index in [1.54, 1.807) is 36.3 Å². The Kier molecular flexibility index (Phi) is 6.62. The van der Waals surface area contributed by atoms with Gasteiger partial charge in [0.2, 0.25) is 0 Å². The number of methoxy groups -OCH3 is 2. The Morgan fingerprint density at radius 3 is 2.56 bits per heavy atom. The Balaban J connectivity index is 1.69. The van der Waals surface area contributed by atoms with Gasteiger partial charge in [-0.15, -0.1) is 0 Å². The summed E-state index contributed by atoms with van der Waals surface area (Å²) in [7, 11) is 3.08. The number of carbonyl (C=O) groups excluding carboxylic acids is 2. The summed E-state index contributed by atoms with van der Waals surface area (Å²) in [5.41, 5.74) is 1.34. The van der Waals surface area contributed by atoms with Crippen LogP contribution < -0.4 is 9.47 Å². The number of ether oxygens (including phenoxy) is 3. The van der Waals surface area contributed by atoms with E-state index in [-0.39, 0.29) is 11.4 Å². The molecule has 0 aromatic heterocycles. The smallest absolute Gasteiger partial charge is 0.290 e. The molecule has 1 saturated heterocycles. The van der Waals surface area contributed by atoms with Crippen LogP contribution in [0.1, 0.15) is 18.0 Å². The van der Waals surface area contributed by atoms with Gasteiger partial charge < -0.3 is 24.2 Å². The molecule has 1 N–H and O–H groups in total. The molecule has 170 valence electrons. The summed E-state index contributed by atoms with van der Waals surface area (Å²) in [5, 5.41) is 10.8. The number of aliphatic hydroxyl groups excluding tert-OH is 1. The molecule has 8 nitrogen and oxygen atoms in total. The zero-order valence-corrected chi connectivity index (χ0v) is 18.4. The van der Waals surface area contributed by atoms with Crippen LogP contribution in [0.15, 0.2) is 53.3 Å². The molecule has 32 heavy (non-hydrogen) atoms. The van der Waals surface area contributed by atoms with Gasteiger partial charge in [0.05, 0.1) is 39.0 Å². The van der Waals surface area contributed by atoms with E-state index in [0.29, 0.717) is 55.4 Å². The molecular weight excluding hydrogens is 412 g/mol. The van der Waals surface area contributed by atoms with E-state index in [0.717, 1.165) is 13.1 Å². The van der Waals surface area contributed by atoms with Crippen molar-refractivity contribution in [3.8, 4) is 11.5 Å². The quantitative estimate of drug-likeness (QED) is 0.663. The van der Waals surface area contributed by atoms with Gasteiger partial charge >= 0.3 is 0 Å². The summed E-state index contributed by atoms with van der Waals surface area (Å²) in [4.78, 5) is 30.2. The van der Waals surface area contributed by atoms with Crippen molar-refractivity contribution in [2.24, 2.45) is 0 Å². The second-order valence-corrected chi connectivity index (χ2v) is 7.89. The van der Waals surface area contributed by atoms with Gasteiger partial charge in [-0.05, 0) is 24.1 Å². The normalized spacial score (nSPS) is 21.3. The van der Waals surface area contributed by atoms with Gasteiger partial charge in [0.1, 0.15) is 0 Å². The zero-order valence-electron chi connectivity index (χ0n) is 18.4. The second-order valence-electron chi connectivity index (χ2n) is 7.89. The number of nitrogens with zero attached hydrogens (tertiary/aromatic N) is 2. The van der Waals surface area contributed by atoms with Gasteiger partial charge in [-0.3, -0.25) is 14.5 Å². The van der Waals surface area contributed by atoms with Gasteiger partial charge in [0.15, 0.2) is 23.0 Å². The Morgan fingerprint density at radius 1 is 1.16 bits per heavy atom. The van der Waals surface area contributed by atoms with E-state index in [2.05, 4.69) is 4.90 Å². The Hall–Kier alpha value is -3.10. The van der Waals surface area contributed by atoms with Crippen molar-refractivity contribution in [2.75, 3.05) is 53.6 Å². The molecular formula is C24H28N2O6. The van der Waals surface area contributed by atoms with Crippen LogP contribution in [0.4, 0.5) is 0 Å². The van der Waals surface area contributed by atoms with E-state index in [1.807, 2.05) is 12.2 Å². The minimum absolute atomic E-state index is 0.110. The molecule has 1 aliphatic carbocycles. The van der Waals surface area contributed by atoms with Gasteiger partial charge in [-0.25, -0.2) is 0 Å². The minimum Gasteiger partial charge on any atom is -0.503 e. The fourth-order valence-electron chi connectivity index (χ4n) is 4.35. The van der Waals surface area contributed by atoms with Crippen molar-refractivity contribution in [3.63, 3.8) is 0 Å². The molecule has 1 aromatic rings. The van der Waals surface area contributed by atoms with Gasteiger partial charge in [0, 0.05) is 31.8 Å². The van der Waals surface area contributed by atoms with Crippen LogP contribution >= 0.6 is 0 Å².